The highest BCUT2D eigenvalue weighted by Crippen LogP contribution is 2.30. The molecule has 0 fully saturated rings. The molecule has 0 aliphatic carbocycles. The lowest BCUT2D eigenvalue weighted by Crippen LogP contribution is -2.35. The molecule has 0 saturated heterocycles. The van der Waals surface area contributed by atoms with Crippen molar-refractivity contribution >= 4 is 23.4 Å². The van der Waals surface area contributed by atoms with Crippen molar-refractivity contribution < 1.29 is 4.79 Å². The monoisotopic (exact) mass is 350 g/mol. The Balaban J connectivity index is 1.47. The first-order chi connectivity index (χ1) is 12.2. The number of benzene rings is 2. The number of para-hydroxylation sites is 2. The van der Waals surface area contributed by atoms with Gasteiger partial charge in [0.25, 0.3) is 0 Å². The molecule has 1 aliphatic rings. The number of carbonyl (C=O) groups excluding carboxylic acids is 1. The molecule has 0 saturated carbocycles. The summed E-state index contributed by atoms with van der Waals surface area (Å²) in [6.07, 6.45) is 2.60. The summed E-state index contributed by atoms with van der Waals surface area (Å²) in [5, 5.41) is 4.84. The highest BCUT2D eigenvalue weighted by atomic mass is 32.2. The van der Waals surface area contributed by atoms with Gasteiger partial charge in [0.1, 0.15) is 6.33 Å². The third kappa shape index (κ3) is 3.17. The Morgan fingerprint density at radius 3 is 2.72 bits per heavy atom. The van der Waals surface area contributed by atoms with Crippen molar-refractivity contribution in [3.05, 3.63) is 66.5 Å². The molecule has 4 rings (SSSR count). The standard InChI is InChI=1S/C19H18N4OS/c1-14(18(24)22-12-11-15-7-5-6-10-17(15)22)25-19-20-13-23(21-19)16-8-3-2-4-9-16/h2-10,13-14H,11-12H2,1H3. The summed E-state index contributed by atoms with van der Waals surface area (Å²) in [6, 6.07) is 17.9. The maximum atomic E-state index is 12.8. The van der Waals surface area contributed by atoms with Gasteiger partial charge in [-0.1, -0.05) is 48.2 Å². The van der Waals surface area contributed by atoms with Crippen LogP contribution in [-0.2, 0) is 11.2 Å². The van der Waals surface area contributed by atoms with Crippen molar-refractivity contribution in [2.24, 2.45) is 0 Å². The largest absolute Gasteiger partial charge is 0.311 e. The summed E-state index contributed by atoms with van der Waals surface area (Å²) in [5.41, 5.74) is 3.22. The molecule has 1 aliphatic heterocycles. The summed E-state index contributed by atoms with van der Waals surface area (Å²) >= 11 is 1.39. The normalized spacial score (nSPS) is 14.4. The SMILES string of the molecule is CC(Sc1ncn(-c2ccccc2)n1)C(=O)N1CCc2ccccc21. The number of hydrogen-bond acceptors (Lipinski definition) is 4. The molecule has 0 radical (unpaired) electrons. The molecule has 0 bridgehead atoms. The van der Waals surface area contributed by atoms with E-state index in [9.17, 15) is 4.79 Å². The minimum absolute atomic E-state index is 0.103. The van der Waals surface area contributed by atoms with Crippen molar-refractivity contribution in [3.63, 3.8) is 0 Å². The summed E-state index contributed by atoms with van der Waals surface area (Å²) in [6.45, 7) is 2.66. The molecule has 2 heterocycles. The Morgan fingerprint density at radius 2 is 1.88 bits per heavy atom. The number of aromatic nitrogens is 3. The summed E-state index contributed by atoms with van der Waals surface area (Å²) in [7, 11) is 0. The third-order valence-corrected chi connectivity index (χ3v) is 5.23. The number of anilines is 1. The fourth-order valence-corrected chi connectivity index (χ4v) is 3.79. The average Bonchev–Trinajstić information content (AvgIpc) is 3.29. The van der Waals surface area contributed by atoms with Gasteiger partial charge in [-0.2, -0.15) is 0 Å². The van der Waals surface area contributed by atoms with E-state index in [4.69, 9.17) is 0 Å². The van der Waals surface area contributed by atoms with Crippen LogP contribution in [0.4, 0.5) is 5.69 Å². The Hall–Kier alpha value is -2.60. The van der Waals surface area contributed by atoms with E-state index in [-0.39, 0.29) is 11.2 Å². The van der Waals surface area contributed by atoms with Gasteiger partial charge < -0.3 is 4.90 Å². The topological polar surface area (TPSA) is 51.0 Å². The number of amides is 1. The van der Waals surface area contributed by atoms with Gasteiger partial charge in [-0.05, 0) is 37.1 Å². The molecule has 0 spiro atoms. The first-order valence-corrected chi connectivity index (χ1v) is 9.13. The summed E-state index contributed by atoms with van der Waals surface area (Å²) < 4.78 is 1.73. The molecular formula is C19H18N4OS. The van der Waals surface area contributed by atoms with Crippen LogP contribution in [-0.4, -0.2) is 32.5 Å². The number of rotatable bonds is 4. The van der Waals surface area contributed by atoms with E-state index >= 15 is 0 Å². The van der Waals surface area contributed by atoms with Crippen molar-refractivity contribution in [1.82, 2.24) is 14.8 Å². The number of fused-ring (bicyclic) bond motifs is 1. The number of hydrogen-bond donors (Lipinski definition) is 0. The zero-order chi connectivity index (χ0) is 17.2. The van der Waals surface area contributed by atoms with Crippen LogP contribution in [0, 0.1) is 0 Å². The molecule has 1 aromatic heterocycles. The lowest BCUT2D eigenvalue weighted by atomic mass is 10.2. The van der Waals surface area contributed by atoms with Crippen molar-refractivity contribution in [2.45, 2.75) is 23.8 Å². The van der Waals surface area contributed by atoms with Crippen LogP contribution in [0.15, 0.2) is 66.1 Å². The second-order valence-electron chi connectivity index (χ2n) is 5.94. The number of nitrogens with zero attached hydrogens (tertiary/aromatic N) is 4. The van der Waals surface area contributed by atoms with Crippen LogP contribution in [0.3, 0.4) is 0 Å². The number of thioether (sulfide) groups is 1. The van der Waals surface area contributed by atoms with E-state index in [2.05, 4.69) is 16.1 Å². The highest BCUT2D eigenvalue weighted by Gasteiger charge is 2.28. The maximum Gasteiger partial charge on any atom is 0.240 e. The fraction of sp³-hybridized carbons (Fsp3) is 0.211. The van der Waals surface area contributed by atoms with Crippen LogP contribution < -0.4 is 4.90 Å². The van der Waals surface area contributed by atoms with Gasteiger partial charge >= 0.3 is 0 Å². The van der Waals surface area contributed by atoms with E-state index in [1.54, 1.807) is 11.0 Å². The quantitative estimate of drug-likeness (QED) is 0.677. The van der Waals surface area contributed by atoms with Gasteiger partial charge in [0.15, 0.2) is 0 Å². The molecular weight excluding hydrogens is 332 g/mol. The molecule has 6 heteroatoms. The van der Waals surface area contributed by atoms with Gasteiger partial charge in [-0.3, -0.25) is 4.79 Å². The molecule has 126 valence electrons. The molecule has 25 heavy (non-hydrogen) atoms. The van der Waals surface area contributed by atoms with Crippen molar-refractivity contribution in [2.75, 3.05) is 11.4 Å². The van der Waals surface area contributed by atoms with Crippen molar-refractivity contribution in [1.29, 1.82) is 0 Å². The van der Waals surface area contributed by atoms with Gasteiger partial charge in [-0.25, -0.2) is 9.67 Å². The molecule has 0 N–H and O–H groups in total. The Kier molecular flexibility index (Phi) is 4.28. The smallest absolute Gasteiger partial charge is 0.240 e. The van der Waals surface area contributed by atoms with Gasteiger partial charge in [0, 0.05) is 12.2 Å². The summed E-state index contributed by atoms with van der Waals surface area (Å²) in [4.78, 5) is 19.0. The Labute approximate surface area is 150 Å². The average molecular weight is 350 g/mol. The number of carbonyl (C=O) groups is 1. The second-order valence-corrected chi connectivity index (χ2v) is 7.24. The molecule has 2 aromatic carbocycles. The minimum atomic E-state index is -0.238. The van der Waals surface area contributed by atoms with Crippen LogP contribution in [0.25, 0.3) is 5.69 Å². The Bertz CT molecular complexity index is 893. The van der Waals surface area contributed by atoms with E-state index in [0.717, 1.165) is 24.3 Å². The molecule has 3 aromatic rings. The zero-order valence-corrected chi connectivity index (χ0v) is 14.7. The van der Waals surface area contributed by atoms with Gasteiger partial charge in [-0.15, -0.1) is 5.10 Å². The molecule has 5 nitrogen and oxygen atoms in total. The zero-order valence-electron chi connectivity index (χ0n) is 13.9. The lowest BCUT2D eigenvalue weighted by molar-refractivity contribution is -0.117. The van der Waals surface area contributed by atoms with E-state index < -0.39 is 0 Å². The minimum Gasteiger partial charge on any atom is -0.311 e. The first-order valence-electron chi connectivity index (χ1n) is 8.25. The molecule has 1 atom stereocenters. The summed E-state index contributed by atoms with van der Waals surface area (Å²) in [5.74, 6) is 0.103. The highest BCUT2D eigenvalue weighted by molar-refractivity contribution is 8.00. The predicted octanol–water partition coefficient (Wildman–Crippen LogP) is 3.34. The first kappa shape index (κ1) is 15.9. The van der Waals surface area contributed by atoms with E-state index in [1.165, 1.54) is 17.3 Å². The lowest BCUT2D eigenvalue weighted by Gasteiger charge is -2.20. The van der Waals surface area contributed by atoms with E-state index in [1.807, 2.05) is 60.4 Å². The second kappa shape index (κ2) is 6.72. The van der Waals surface area contributed by atoms with Crippen LogP contribution in [0.5, 0.6) is 0 Å². The maximum absolute atomic E-state index is 12.8. The van der Waals surface area contributed by atoms with Crippen molar-refractivity contribution in [3.8, 4) is 5.69 Å². The van der Waals surface area contributed by atoms with Crippen LogP contribution >= 0.6 is 11.8 Å². The van der Waals surface area contributed by atoms with Gasteiger partial charge in [0.2, 0.25) is 11.1 Å². The Morgan fingerprint density at radius 1 is 1.12 bits per heavy atom. The fourth-order valence-electron chi connectivity index (χ4n) is 3.00. The van der Waals surface area contributed by atoms with Crippen LogP contribution in [0.2, 0.25) is 0 Å². The van der Waals surface area contributed by atoms with Gasteiger partial charge in [0.05, 0.1) is 10.9 Å². The van der Waals surface area contributed by atoms with Crippen LogP contribution in [0.1, 0.15) is 12.5 Å². The predicted molar refractivity (Wildman–Crippen MR) is 99.2 cm³/mol. The molecule has 1 amide bonds. The molecule has 1 unspecified atom stereocenters. The third-order valence-electron chi connectivity index (χ3n) is 4.27. The van der Waals surface area contributed by atoms with E-state index in [0.29, 0.717) is 5.16 Å².